The van der Waals surface area contributed by atoms with E-state index >= 15 is 0 Å². The van der Waals surface area contributed by atoms with Crippen molar-refractivity contribution in [1.82, 2.24) is 5.32 Å². The maximum atomic E-state index is 5.61. The van der Waals surface area contributed by atoms with E-state index in [1.807, 2.05) is 30.3 Å². The molecular weight excluding hydrogens is 174 g/mol. The third-order valence-corrected chi connectivity index (χ3v) is 1.86. The van der Waals surface area contributed by atoms with E-state index in [0.29, 0.717) is 18.7 Å². The van der Waals surface area contributed by atoms with E-state index in [1.165, 1.54) is 0 Å². The SMILES string of the molecule is CC(C)NC(C)COc1ccccc1. The molecule has 0 saturated heterocycles. The standard InChI is InChI=1S/C12H19NO/c1-10(2)13-11(3)9-14-12-7-5-4-6-8-12/h4-8,10-11,13H,9H2,1-3H3. The summed E-state index contributed by atoms with van der Waals surface area (Å²) in [5.41, 5.74) is 0. The maximum Gasteiger partial charge on any atom is 0.119 e. The summed E-state index contributed by atoms with van der Waals surface area (Å²) in [4.78, 5) is 0. The minimum absolute atomic E-state index is 0.384. The average Bonchev–Trinajstić information content (AvgIpc) is 2.15. The first kappa shape index (κ1) is 11.1. The minimum atomic E-state index is 0.384. The van der Waals surface area contributed by atoms with Gasteiger partial charge in [0.1, 0.15) is 12.4 Å². The van der Waals surface area contributed by atoms with Gasteiger partial charge in [0.25, 0.3) is 0 Å². The highest BCUT2D eigenvalue weighted by Crippen LogP contribution is 2.08. The number of para-hydroxylation sites is 1. The Labute approximate surface area is 86.3 Å². The lowest BCUT2D eigenvalue weighted by Crippen LogP contribution is -2.36. The Hall–Kier alpha value is -1.02. The van der Waals surface area contributed by atoms with Gasteiger partial charge >= 0.3 is 0 Å². The van der Waals surface area contributed by atoms with E-state index in [0.717, 1.165) is 5.75 Å². The first-order chi connectivity index (χ1) is 6.68. The van der Waals surface area contributed by atoms with Crippen LogP contribution in [0.15, 0.2) is 30.3 Å². The van der Waals surface area contributed by atoms with Crippen LogP contribution in [0.25, 0.3) is 0 Å². The Morgan fingerprint density at radius 3 is 2.36 bits per heavy atom. The highest BCUT2D eigenvalue weighted by Gasteiger charge is 2.03. The second-order valence-electron chi connectivity index (χ2n) is 3.85. The summed E-state index contributed by atoms with van der Waals surface area (Å²) in [5.74, 6) is 0.935. The largest absolute Gasteiger partial charge is 0.492 e. The zero-order valence-electron chi connectivity index (χ0n) is 9.16. The van der Waals surface area contributed by atoms with E-state index in [-0.39, 0.29) is 0 Å². The second kappa shape index (κ2) is 5.66. The van der Waals surface area contributed by atoms with Crippen molar-refractivity contribution in [3.05, 3.63) is 30.3 Å². The van der Waals surface area contributed by atoms with Gasteiger partial charge in [-0.2, -0.15) is 0 Å². The molecule has 0 aromatic heterocycles. The molecule has 0 fully saturated rings. The topological polar surface area (TPSA) is 21.3 Å². The fraction of sp³-hybridized carbons (Fsp3) is 0.500. The van der Waals surface area contributed by atoms with Gasteiger partial charge in [-0.05, 0) is 19.1 Å². The molecule has 1 atom stereocenters. The first-order valence-corrected chi connectivity index (χ1v) is 5.12. The zero-order chi connectivity index (χ0) is 10.4. The molecular formula is C12H19NO. The van der Waals surface area contributed by atoms with Crippen molar-refractivity contribution >= 4 is 0 Å². The summed E-state index contributed by atoms with van der Waals surface area (Å²) in [7, 11) is 0. The van der Waals surface area contributed by atoms with Crippen LogP contribution in [0.2, 0.25) is 0 Å². The van der Waals surface area contributed by atoms with Crippen molar-refractivity contribution < 1.29 is 4.74 Å². The molecule has 1 N–H and O–H groups in total. The summed E-state index contributed by atoms with van der Waals surface area (Å²) in [5, 5.41) is 3.39. The predicted molar refractivity (Wildman–Crippen MR) is 59.7 cm³/mol. The molecule has 1 aromatic carbocycles. The highest BCUT2D eigenvalue weighted by molar-refractivity contribution is 5.20. The number of benzene rings is 1. The Bertz CT molecular complexity index is 246. The number of nitrogens with one attached hydrogen (secondary N) is 1. The smallest absolute Gasteiger partial charge is 0.119 e. The molecule has 1 aromatic rings. The van der Waals surface area contributed by atoms with Gasteiger partial charge in [0.15, 0.2) is 0 Å². The molecule has 2 heteroatoms. The van der Waals surface area contributed by atoms with E-state index in [4.69, 9.17) is 4.74 Å². The number of rotatable bonds is 5. The van der Waals surface area contributed by atoms with Gasteiger partial charge in [-0.3, -0.25) is 0 Å². The molecule has 0 amide bonds. The Kier molecular flexibility index (Phi) is 4.47. The molecule has 78 valence electrons. The van der Waals surface area contributed by atoms with Crippen LogP contribution in [0.3, 0.4) is 0 Å². The van der Waals surface area contributed by atoms with Gasteiger partial charge in [-0.25, -0.2) is 0 Å². The van der Waals surface area contributed by atoms with Crippen LogP contribution in [-0.2, 0) is 0 Å². The third kappa shape index (κ3) is 4.28. The Morgan fingerprint density at radius 2 is 1.79 bits per heavy atom. The zero-order valence-corrected chi connectivity index (χ0v) is 9.16. The first-order valence-electron chi connectivity index (χ1n) is 5.12. The molecule has 0 radical (unpaired) electrons. The Morgan fingerprint density at radius 1 is 1.14 bits per heavy atom. The number of hydrogen-bond donors (Lipinski definition) is 1. The fourth-order valence-electron chi connectivity index (χ4n) is 1.36. The monoisotopic (exact) mass is 193 g/mol. The molecule has 1 unspecified atom stereocenters. The summed E-state index contributed by atoms with van der Waals surface area (Å²) in [6.45, 7) is 7.11. The average molecular weight is 193 g/mol. The van der Waals surface area contributed by atoms with Crippen molar-refractivity contribution in [2.75, 3.05) is 6.61 Å². The second-order valence-corrected chi connectivity index (χ2v) is 3.85. The van der Waals surface area contributed by atoms with E-state index in [2.05, 4.69) is 26.1 Å². The van der Waals surface area contributed by atoms with Gasteiger partial charge in [-0.15, -0.1) is 0 Å². The lowest BCUT2D eigenvalue weighted by Gasteiger charge is -2.17. The molecule has 2 nitrogen and oxygen atoms in total. The third-order valence-electron chi connectivity index (χ3n) is 1.86. The van der Waals surface area contributed by atoms with E-state index in [1.54, 1.807) is 0 Å². The molecule has 1 rings (SSSR count). The van der Waals surface area contributed by atoms with Crippen molar-refractivity contribution in [1.29, 1.82) is 0 Å². The van der Waals surface area contributed by atoms with Crippen LogP contribution in [0, 0.1) is 0 Å². The molecule has 0 bridgehead atoms. The molecule has 0 saturated carbocycles. The highest BCUT2D eigenvalue weighted by atomic mass is 16.5. The summed E-state index contributed by atoms with van der Waals surface area (Å²) < 4.78 is 5.61. The summed E-state index contributed by atoms with van der Waals surface area (Å²) in [6, 6.07) is 10.8. The van der Waals surface area contributed by atoms with Crippen LogP contribution >= 0.6 is 0 Å². The van der Waals surface area contributed by atoms with Crippen LogP contribution in [-0.4, -0.2) is 18.7 Å². The maximum absolute atomic E-state index is 5.61. The molecule has 0 spiro atoms. The van der Waals surface area contributed by atoms with Crippen LogP contribution < -0.4 is 10.1 Å². The normalized spacial score (nSPS) is 12.9. The summed E-state index contributed by atoms with van der Waals surface area (Å²) in [6.07, 6.45) is 0. The number of ether oxygens (including phenoxy) is 1. The number of hydrogen-bond acceptors (Lipinski definition) is 2. The molecule has 0 aliphatic rings. The van der Waals surface area contributed by atoms with Gasteiger partial charge in [-0.1, -0.05) is 32.0 Å². The van der Waals surface area contributed by atoms with E-state index < -0.39 is 0 Å². The van der Waals surface area contributed by atoms with Gasteiger partial charge < -0.3 is 10.1 Å². The van der Waals surface area contributed by atoms with Gasteiger partial charge in [0.05, 0.1) is 0 Å². The quantitative estimate of drug-likeness (QED) is 0.775. The molecule has 0 heterocycles. The minimum Gasteiger partial charge on any atom is -0.492 e. The van der Waals surface area contributed by atoms with Gasteiger partial charge in [0.2, 0.25) is 0 Å². The van der Waals surface area contributed by atoms with Crippen molar-refractivity contribution in [3.8, 4) is 5.75 Å². The van der Waals surface area contributed by atoms with Crippen molar-refractivity contribution in [3.63, 3.8) is 0 Å². The molecule has 14 heavy (non-hydrogen) atoms. The lowest BCUT2D eigenvalue weighted by molar-refractivity contribution is 0.266. The van der Waals surface area contributed by atoms with Crippen LogP contribution in [0.1, 0.15) is 20.8 Å². The fourth-order valence-corrected chi connectivity index (χ4v) is 1.36. The Balaban J connectivity index is 2.27. The van der Waals surface area contributed by atoms with Crippen molar-refractivity contribution in [2.24, 2.45) is 0 Å². The van der Waals surface area contributed by atoms with Gasteiger partial charge in [0, 0.05) is 12.1 Å². The lowest BCUT2D eigenvalue weighted by atomic mass is 10.3. The van der Waals surface area contributed by atoms with E-state index in [9.17, 15) is 0 Å². The van der Waals surface area contributed by atoms with Crippen LogP contribution in [0.5, 0.6) is 5.75 Å². The predicted octanol–water partition coefficient (Wildman–Crippen LogP) is 2.45. The molecule has 0 aliphatic carbocycles. The summed E-state index contributed by atoms with van der Waals surface area (Å²) >= 11 is 0. The molecule has 0 aliphatic heterocycles. The van der Waals surface area contributed by atoms with Crippen molar-refractivity contribution in [2.45, 2.75) is 32.9 Å². The van der Waals surface area contributed by atoms with Crippen LogP contribution in [0.4, 0.5) is 0 Å².